The maximum atomic E-state index is 15.4. The fraction of sp³-hybridized carbons (Fsp3) is 0.100. The van der Waals surface area contributed by atoms with Crippen LogP contribution in [0.5, 0.6) is 0 Å². The molecule has 0 N–H and O–H groups in total. The number of hydrogen-bond donors (Lipinski definition) is 0. The highest BCUT2D eigenvalue weighted by atomic mass is 19.2. The molecule has 6 aromatic rings. The van der Waals surface area contributed by atoms with Crippen LogP contribution in [-0.4, -0.2) is 18.2 Å². The summed E-state index contributed by atoms with van der Waals surface area (Å²) in [6.07, 6.45) is -5.44. The number of pyridine rings is 1. The zero-order chi connectivity index (χ0) is 48.0. The van der Waals surface area contributed by atoms with Gasteiger partial charge in [-0.05, 0) is 19.9 Å². The molecule has 0 saturated heterocycles. The van der Waals surface area contributed by atoms with Crippen LogP contribution in [0.2, 0.25) is 0 Å². The van der Waals surface area contributed by atoms with Crippen molar-refractivity contribution in [1.29, 1.82) is 0 Å². The molecular formula is C40H18BF20NO2. The molecule has 64 heavy (non-hydrogen) atoms. The van der Waals surface area contributed by atoms with Crippen molar-refractivity contribution in [2.24, 2.45) is 0 Å². The minimum absolute atomic E-state index is 0.113. The summed E-state index contributed by atoms with van der Waals surface area (Å²) in [6.45, 7) is 4.36. The maximum Gasteiger partial charge on any atom is 0.403 e. The van der Waals surface area contributed by atoms with Gasteiger partial charge >= 0.3 is 5.97 Å². The Balaban J connectivity index is 0.000000337. The third-order valence-corrected chi connectivity index (χ3v) is 9.40. The molecule has 0 radical (unpaired) electrons. The van der Waals surface area contributed by atoms with Crippen LogP contribution in [-0.2, 0) is 11.3 Å². The number of esters is 1. The summed E-state index contributed by atoms with van der Waals surface area (Å²) < 4.78 is 301. The molecule has 0 amide bonds. The van der Waals surface area contributed by atoms with Gasteiger partial charge in [-0.1, -0.05) is 30.3 Å². The van der Waals surface area contributed by atoms with Gasteiger partial charge in [-0.15, -0.1) is 21.9 Å². The molecule has 0 spiro atoms. The Labute approximate surface area is 344 Å². The molecule has 5 aromatic carbocycles. The predicted molar refractivity (Wildman–Crippen MR) is 182 cm³/mol. The summed E-state index contributed by atoms with van der Waals surface area (Å²) >= 11 is 0. The molecule has 1 heterocycles. The number of rotatable bonds is 8. The number of carbonyl (C=O) groups excluding carboxylic acids is 1. The van der Waals surface area contributed by atoms with E-state index in [4.69, 9.17) is 4.74 Å². The highest BCUT2D eigenvalue weighted by Gasteiger charge is 2.52. The number of halogens is 20. The van der Waals surface area contributed by atoms with Gasteiger partial charge in [0.1, 0.15) is 52.7 Å². The van der Waals surface area contributed by atoms with E-state index in [0.717, 1.165) is 5.56 Å². The lowest BCUT2D eigenvalue weighted by atomic mass is 9.12. The van der Waals surface area contributed by atoms with Crippen LogP contribution in [0.1, 0.15) is 29.9 Å². The fourth-order valence-corrected chi connectivity index (χ4v) is 6.73. The minimum Gasteiger partial charge on any atom is -0.455 e. The number of benzene rings is 5. The first-order valence-corrected chi connectivity index (χ1v) is 17.3. The van der Waals surface area contributed by atoms with E-state index in [-0.39, 0.29) is 12.1 Å². The van der Waals surface area contributed by atoms with E-state index in [1.807, 2.05) is 67.1 Å². The van der Waals surface area contributed by atoms with Gasteiger partial charge in [0.25, 0.3) is 5.69 Å². The zero-order valence-corrected chi connectivity index (χ0v) is 31.4. The Hall–Kier alpha value is -6.62. The molecular weight excluding hydrogens is 917 g/mol. The molecule has 0 aliphatic rings. The molecule has 338 valence electrons. The number of hydrogen-bond acceptors (Lipinski definition) is 2. The highest BCUT2D eigenvalue weighted by Crippen LogP contribution is 2.30. The van der Waals surface area contributed by atoms with Gasteiger partial charge in [0.2, 0.25) is 0 Å². The maximum absolute atomic E-state index is 15.4. The van der Waals surface area contributed by atoms with Crippen molar-refractivity contribution >= 4 is 34.0 Å². The molecule has 0 fully saturated rings. The van der Waals surface area contributed by atoms with Crippen molar-refractivity contribution in [3.63, 3.8) is 0 Å². The van der Waals surface area contributed by atoms with Crippen LogP contribution < -0.4 is 26.4 Å². The van der Waals surface area contributed by atoms with Crippen LogP contribution >= 0.6 is 0 Å². The lowest BCUT2D eigenvalue weighted by Gasteiger charge is -2.44. The summed E-state index contributed by atoms with van der Waals surface area (Å²) in [6, 6.07) is 15.6. The van der Waals surface area contributed by atoms with E-state index in [9.17, 15) is 57.5 Å². The second kappa shape index (κ2) is 18.2. The molecule has 3 nitrogen and oxygen atoms in total. The third kappa shape index (κ3) is 7.86. The number of ether oxygens (including phenoxy) is 1. The van der Waals surface area contributed by atoms with Crippen LogP contribution in [0.15, 0.2) is 54.7 Å². The molecule has 0 atom stereocenters. The van der Waals surface area contributed by atoms with Crippen molar-refractivity contribution in [3.05, 3.63) is 182 Å². The van der Waals surface area contributed by atoms with Gasteiger partial charge in [-0.3, -0.25) is 0 Å². The fourth-order valence-electron chi connectivity index (χ4n) is 6.73. The van der Waals surface area contributed by atoms with Crippen molar-refractivity contribution in [3.8, 4) is 0 Å². The Bertz CT molecular complexity index is 2460. The average Bonchev–Trinajstić information content (AvgIpc) is 3.26. The molecule has 1 aromatic heterocycles. The van der Waals surface area contributed by atoms with E-state index in [1.165, 1.54) is 0 Å². The van der Waals surface area contributed by atoms with Crippen LogP contribution in [0.25, 0.3) is 0 Å². The first-order chi connectivity index (χ1) is 29.9. The Kier molecular flexibility index (Phi) is 13.8. The number of aromatic nitrogens is 1. The molecule has 0 unspecified atom stereocenters. The molecule has 0 bridgehead atoms. The molecule has 0 aliphatic heterocycles. The summed E-state index contributed by atoms with van der Waals surface area (Å²) in [5, 5.41) is 0. The average molecular weight is 935 g/mol. The van der Waals surface area contributed by atoms with E-state index in [0.29, 0.717) is 12.2 Å². The lowest BCUT2D eigenvalue weighted by Crippen LogP contribution is -2.81. The van der Waals surface area contributed by atoms with Crippen molar-refractivity contribution in [1.82, 2.24) is 0 Å². The van der Waals surface area contributed by atoms with Gasteiger partial charge in [-0.25, -0.2) is 92.6 Å². The molecule has 0 aliphatic carbocycles. The topological polar surface area (TPSA) is 30.2 Å². The molecule has 24 heteroatoms. The predicted octanol–water partition coefficient (Wildman–Crippen LogP) is 8.43. The van der Waals surface area contributed by atoms with E-state index < -0.39 is 144 Å². The second-order valence-electron chi connectivity index (χ2n) is 13.5. The van der Waals surface area contributed by atoms with E-state index in [1.54, 1.807) is 6.07 Å². The summed E-state index contributed by atoms with van der Waals surface area (Å²) in [4.78, 5) is 12.0. The Morgan fingerprint density at radius 2 is 0.688 bits per heavy atom. The largest absolute Gasteiger partial charge is 0.455 e. The molecule has 6 rings (SSSR count). The zero-order valence-electron chi connectivity index (χ0n) is 31.4. The monoisotopic (exact) mass is 935 g/mol. The quantitative estimate of drug-likeness (QED) is 0.0384. The number of carbonyl (C=O) groups is 1. The minimum atomic E-state index is -7.22. The Morgan fingerprint density at radius 3 is 0.969 bits per heavy atom. The third-order valence-electron chi connectivity index (χ3n) is 9.40. The standard InChI is InChI=1S/C24BF20.C16H18NO2/c26-5-1(6(27)14(35)21(42)13(5)34)25(2-7(28)15(36)22(43)16(37)8(2)29,3-9(30)17(38)23(44)18(39)10(3)31)4-11(32)19(40)24(45)20(41)12(4)33;1-13(2)19-16(18)15-10-6-7-11-17(15)12-14-8-4-3-5-9-14/h;3-11,13H,12H2,1-2H3/q-1;+1. The second-order valence-corrected chi connectivity index (χ2v) is 13.5. The van der Waals surface area contributed by atoms with Crippen LogP contribution in [0.3, 0.4) is 0 Å². The van der Waals surface area contributed by atoms with E-state index in [2.05, 4.69) is 0 Å². The Morgan fingerprint density at radius 1 is 0.422 bits per heavy atom. The van der Waals surface area contributed by atoms with Gasteiger partial charge < -0.3 is 4.74 Å². The smallest absolute Gasteiger partial charge is 0.403 e. The van der Waals surface area contributed by atoms with Crippen molar-refractivity contribution in [2.45, 2.75) is 26.5 Å². The van der Waals surface area contributed by atoms with Crippen LogP contribution in [0.4, 0.5) is 87.8 Å². The van der Waals surface area contributed by atoms with Gasteiger partial charge in [-0.2, -0.15) is 4.57 Å². The van der Waals surface area contributed by atoms with Crippen molar-refractivity contribution < 1.29 is 102 Å². The normalized spacial score (nSPS) is 11.5. The van der Waals surface area contributed by atoms with Crippen LogP contribution in [0, 0.1) is 116 Å². The van der Waals surface area contributed by atoms with Crippen molar-refractivity contribution in [2.75, 3.05) is 0 Å². The van der Waals surface area contributed by atoms with Gasteiger partial charge in [0.05, 0.1) is 6.10 Å². The summed E-state index contributed by atoms with van der Waals surface area (Å²) in [5.41, 5.74) is -12.6. The first-order valence-electron chi connectivity index (χ1n) is 17.3. The highest BCUT2D eigenvalue weighted by molar-refractivity contribution is 7.20. The van der Waals surface area contributed by atoms with E-state index >= 15 is 35.1 Å². The van der Waals surface area contributed by atoms with Gasteiger partial charge in [0, 0.05) is 17.7 Å². The first kappa shape index (κ1) is 48.4. The summed E-state index contributed by atoms with van der Waals surface area (Å²) in [5.74, 6) is -71.7. The number of nitrogens with zero attached hydrogens (tertiary/aromatic N) is 1. The molecule has 0 saturated carbocycles. The lowest BCUT2D eigenvalue weighted by molar-refractivity contribution is -0.690. The summed E-state index contributed by atoms with van der Waals surface area (Å²) in [7, 11) is 0. The SMILES string of the molecule is CC(C)OC(=O)c1cccc[n+]1Cc1ccccc1.Fc1c(F)c(F)c([B-](c2c(F)c(F)c(F)c(F)c2F)(c2c(F)c(F)c(F)c(F)c2F)c2c(F)c(F)c(F)c(F)c2F)c(F)c1F. The van der Waals surface area contributed by atoms with Gasteiger partial charge in [0.15, 0.2) is 82.5 Å².